The van der Waals surface area contributed by atoms with Gasteiger partial charge in [-0.2, -0.15) is 0 Å². The van der Waals surface area contributed by atoms with E-state index in [-0.39, 0.29) is 12.1 Å². The van der Waals surface area contributed by atoms with E-state index in [4.69, 9.17) is 14.5 Å². The van der Waals surface area contributed by atoms with E-state index < -0.39 is 5.60 Å². The Bertz CT molecular complexity index is 900. The highest BCUT2D eigenvalue weighted by Gasteiger charge is 2.36. The van der Waals surface area contributed by atoms with Crippen molar-refractivity contribution in [3.8, 4) is 0 Å². The number of rotatable bonds is 2. The Morgan fingerprint density at radius 2 is 1.97 bits per heavy atom. The van der Waals surface area contributed by atoms with Gasteiger partial charge in [-0.1, -0.05) is 18.2 Å². The topological polar surface area (TPSA) is 54.9 Å². The summed E-state index contributed by atoms with van der Waals surface area (Å²) in [5.41, 5.74) is 2.81. The van der Waals surface area contributed by atoms with E-state index in [0.717, 1.165) is 48.2 Å². The molecule has 6 nitrogen and oxygen atoms in total. The van der Waals surface area contributed by atoms with Crippen LogP contribution in [0.5, 0.6) is 0 Å². The van der Waals surface area contributed by atoms with E-state index in [1.54, 1.807) is 0 Å². The number of amides is 1. The van der Waals surface area contributed by atoms with E-state index in [9.17, 15) is 4.79 Å². The van der Waals surface area contributed by atoms with Gasteiger partial charge < -0.3 is 19.3 Å². The summed E-state index contributed by atoms with van der Waals surface area (Å²) in [5, 5.41) is 1.12. The summed E-state index contributed by atoms with van der Waals surface area (Å²) in [7, 11) is 0. The number of likely N-dealkylation sites (tertiary alicyclic amines) is 1. The summed E-state index contributed by atoms with van der Waals surface area (Å²) >= 11 is 0. The molecule has 0 spiro atoms. The van der Waals surface area contributed by atoms with E-state index in [1.807, 2.05) is 25.7 Å². The molecule has 0 N–H and O–H groups in total. The number of ether oxygens (including phenoxy) is 2. The van der Waals surface area contributed by atoms with Crippen molar-refractivity contribution in [3.63, 3.8) is 0 Å². The maximum absolute atomic E-state index is 12.9. The molecule has 1 atom stereocenters. The quantitative estimate of drug-likeness (QED) is 0.749. The van der Waals surface area contributed by atoms with Crippen LogP contribution in [0.25, 0.3) is 10.9 Å². The van der Waals surface area contributed by atoms with Crippen molar-refractivity contribution in [1.82, 2.24) is 9.88 Å². The zero-order chi connectivity index (χ0) is 20.6. The molecule has 0 aliphatic carbocycles. The number of benzene rings is 1. The molecule has 29 heavy (non-hydrogen) atoms. The standard InChI is InChI=1S/C23H31N3O3/c1-16-7-5-8-17-15-18(21(24-20(16)17)25-11-13-28-14-12-25)19-9-6-10-26(19)22(27)29-23(2,3)4/h5,7-8,15,19H,6,9-14H2,1-4H3/t19-/m0/s1. The lowest BCUT2D eigenvalue weighted by Gasteiger charge is -2.34. The second kappa shape index (κ2) is 7.82. The number of carbonyl (C=O) groups is 1. The van der Waals surface area contributed by atoms with Gasteiger partial charge in [-0.25, -0.2) is 9.78 Å². The second-order valence-corrected chi connectivity index (χ2v) is 8.98. The van der Waals surface area contributed by atoms with Gasteiger partial charge in [0.15, 0.2) is 0 Å². The van der Waals surface area contributed by atoms with Gasteiger partial charge in [0.1, 0.15) is 11.4 Å². The minimum absolute atomic E-state index is 0.0138. The van der Waals surface area contributed by atoms with Crippen LogP contribution in [-0.2, 0) is 9.47 Å². The van der Waals surface area contributed by atoms with Crippen LogP contribution in [-0.4, -0.2) is 54.4 Å². The van der Waals surface area contributed by atoms with E-state index in [1.165, 1.54) is 5.56 Å². The molecule has 0 unspecified atom stereocenters. The predicted octanol–water partition coefficient (Wildman–Crippen LogP) is 4.45. The van der Waals surface area contributed by atoms with Gasteiger partial charge in [0.25, 0.3) is 0 Å². The summed E-state index contributed by atoms with van der Waals surface area (Å²) in [6.45, 7) is 11.6. The van der Waals surface area contributed by atoms with Gasteiger partial charge in [0.05, 0.1) is 24.8 Å². The van der Waals surface area contributed by atoms with Crippen molar-refractivity contribution >= 4 is 22.8 Å². The van der Waals surface area contributed by atoms with Gasteiger partial charge in [-0.3, -0.25) is 0 Å². The Labute approximate surface area is 172 Å². The number of carbonyl (C=O) groups excluding carboxylic acids is 1. The van der Waals surface area contributed by atoms with Crippen molar-refractivity contribution < 1.29 is 14.3 Å². The molecule has 2 aromatic rings. The number of hydrogen-bond donors (Lipinski definition) is 0. The molecule has 6 heteroatoms. The van der Waals surface area contributed by atoms with Crippen LogP contribution in [0.1, 0.15) is 50.8 Å². The van der Waals surface area contributed by atoms with Gasteiger partial charge in [0.2, 0.25) is 0 Å². The fourth-order valence-corrected chi connectivity index (χ4v) is 4.26. The third-order valence-electron chi connectivity index (χ3n) is 5.61. The fourth-order valence-electron chi connectivity index (χ4n) is 4.26. The molecule has 2 aliphatic rings. The molecule has 2 fully saturated rings. The Balaban J connectivity index is 1.77. The molecule has 4 rings (SSSR count). The number of anilines is 1. The molecule has 0 bridgehead atoms. The number of nitrogens with zero attached hydrogens (tertiary/aromatic N) is 3. The Hall–Kier alpha value is -2.34. The summed E-state index contributed by atoms with van der Waals surface area (Å²) in [5.74, 6) is 0.982. The van der Waals surface area contributed by atoms with Crippen LogP contribution in [0.15, 0.2) is 24.3 Å². The van der Waals surface area contributed by atoms with Crippen LogP contribution < -0.4 is 4.90 Å². The first kappa shape index (κ1) is 20.0. The van der Waals surface area contributed by atoms with E-state index in [2.05, 4.69) is 36.1 Å². The van der Waals surface area contributed by atoms with Gasteiger partial charge >= 0.3 is 6.09 Å². The van der Waals surface area contributed by atoms with Gasteiger partial charge in [-0.15, -0.1) is 0 Å². The highest BCUT2D eigenvalue weighted by molar-refractivity contribution is 5.85. The Kier molecular flexibility index (Phi) is 5.38. The third kappa shape index (κ3) is 4.17. The van der Waals surface area contributed by atoms with Crippen LogP contribution in [0.4, 0.5) is 10.6 Å². The fraction of sp³-hybridized carbons (Fsp3) is 0.565. The minimum atomic E-state index is -0.504. The second-order valence-electron chi connectivity index (χ2n) is 8.98. The molecule has 1 aromatic carbocycles. The summed E-state index contributed by atoms with van der Waals surface area (Å²) in [6.07, 6.45) is 1.66. The molecule has 2 aliphatic heterocycles. The number of hydrogen-bond acceptors (Lipinski definition) is 5. The highest BCUT2D eigenvalue weighted by atomic mass is 16.6. The van der Waals surface area contributed by atoms with Gasteiger partial charge in [0, 0.05) is 30.6 Å². The van der Waals surface area contributed by atoms with Crippen LogP contribution in [0.2, 0.25) is 0 Å². The molecule has 156 valence electrons. The number of pyridine rings is 1. The molecular weight excluding hydrogens is 366 g/mol. The summed E-state index contributed by atoms with van der Waals surface area (Å²) in [6, 6.07) is 8.49. The molecule has 3 heterocycles. The molecular formula is C23H31N3O3. The molecule has 0 radical (unpaired) electrons. The number of aromatic nitrogens is 1. The van der Waals surface area contributed by atoms with Gasteiger partial charge in [-0.05, 0) is 52.2 Å². The van der Waals surface area contributed by atoms with Crippen molar-refractivity contribution in [2.75, 3.05) is 37.7 Å². The van der Waals surface area contributed by atoms with Crippen molar-refractivity contribution in [2.45, 2.75) is 52.2 Å². The van der Waals surface area contributed by atoms with Crippen molar-refractivity contribution in [1.29, 1.82) is 0 Å². The maximum atomic E-state index is 12.9. The predicted molar refractivity (Wildman–Crippen MR) is 114 cm³/mol. The molecule has 1 amide bonds. The van der Waals surface area contributed by atoms with E-state index >= 15 is 0 Å². The first-order valence-corrected chi connectivity index (χ1v) is 10.6. The Morgan fingerprint density at radius 1 is 1.21 bits per heavy atom. The van der Waals surface area contributed by atoms with Crippen molar-refractivity contribution in [2.24, 2.45) is 0 Å². The lowest BCUT2D eigenvalue weighted by molar-refractivity contribution is 0.0224. The monoisotopic (exact) mass is 397 g/mol. The number of fused-ring (bicyclic) bond motifs is 1. The molecule has 0 saturated carbocycles. The minimum Gasteiger partial charge on any atom is -0.444 e. The zero-order valence-electron chi connectivity index (χ0n) is 17.9. The number of morpholine rings is 1. The smallest absolute Gasteiger partial charge is 0.410 e. The summed E-state index contributed by atoms with van der Waals surface area (Å²) in [4.78, 5) is 22.2. The number of para-hydroxylation sites is 1. The van der Waals surface area contributed by atoms with E-state index in [0.29, 0.717) is 19.8 Å². The van der Waals surface area contributed by atoms with Crippen LogP contribution in [0, 0.1) is 6.92 Å². The summed E-state index contributed by atoms with van der Waals surface area (Å²) < 4.78 is 11.3. The lowest BCUT2D eigenvalue weighted by Crippen LogP contribution is -2.39. The largest absolute Gasteiger partial charge is 0.444 e. The average molecular weight is 398 g/mol. The van der Waals surface area contributed by atoms with Crippen LogP contribution in [0.3, 0.4) is 0 Å². The normalized spacial score (nSPS) is 20.3. The number of aryl methyl sites for hydroxylation is 1. The SMILES string of the molecule is Cc1cccc2cc([C@@H]3CCCN3C(=O)OC(C)(C)C)c(N3CCOCC3)nc12. The highest BCUT2D eigenvalue weighted by Crippen LogP contribution is 2.39. The first-order valence-electron chi connectivity index (χ1n) is 10.6. The Morgan fingerprint density at radius 3 is 2.69 bits per heavy atom. The zero-order valence-corrected chi connectivity index (χ0v) is 17.9. The third-order valence-corrected chi connectivity index (χ3v) is 5.61. The average Bonchev–Trinajstić information content (AvgIpc) is 3.17. The maximum Gasteiger partial charge on any atom is 0.410 e. The van der Waals surface area contributed by atoms with Crippen LogP contribution >= 0.6 is 0 Å². The lowest BCUT2D eigenvalue weighted by atomic mass is 10.0. The van der Waals surface area contributed by atoms with Crippen molar-refractivity contribution in [3.05, 3.63) is 35.4 Å². The first-order chi connectivity index (χ1) is 13.8. The molecule has 1 aromatic heterocycles. The molecule has 2 saturated heterocycles.